The zero-order chi connectivity index (χ0) is 29.1. The molecule has 0 radical (unpaired) electrons. The molecule has 0 aliphatic heterocycles. The number of hydrogen-bond donors (Lipinski definition) is 2. The number of carbonyl (C=O) groups is 1. The molecule has 1 atom stereocenters. The molecule has 0 aliphatic rings. The van der Waals surface area contributed by atoms with Gasteiger partial charge in [0, 0.05) is 27.1 Å². The zero-order valence-corrected chi connectivity index (χ0v) is 27.2. The van der Waals surface area contributed by atoms with Crippen LogP contribution < -0.4 is 9.47 Å². The second kappa shape index (κ2) is 12.8. The number of methoxy groups -OCH3 is 1. The van der Waals surface area contributed by atoms with E-state index in [1.165, 1.54) is 0 Å². The molecule has 4 aromatic carbocycles. The van der Waals surface area contributed by atoms with Crippen LogP contribution in [0.15, 0.2) is 80.1 Å². The first-order chi connectivity index (χ1) is 19.0. The van der Waals surface area contributed by atoms with Crippen LogP contribution in [-0.2, 0) is 11.2 Å². The molecule has 0 aliphatic carbocycles. The highest BCUT2D eigenvalue weighted by molar-refractivity contribution is 9.11. The highest BCUT2D eigenvalue weighted by Gasteiger charge is 2.27. The van der Waals surface area contributed by atoms with Gasteiger partial charge in [0.2, 0.25) is 0 Å². The number of hydrogen-bond acceptors (Lipinski definition) is 4. The van der Waals surface area contributed by atoms with Gasteiger partial charge < -0.3 is 19.7 Å². The Bertz CT molecular complexity index is 1540. The van der Waals surface area contributed by atoms with Crippen LogP contribution in [0.5, 0.6) is 23.0 Å². The lowest BCUT2D eigenvalue weighted by atomic mass is 9.82. The first-order valence-corrected chi connectivity index (χ1v) is 15.0. The number of carboxylic acids is 1. The Balaban J connectivity index is 2.00. The average Bonchev–Trinajstić information content (AvgIpc) is 2.88. The van der Waals surface area contributed by atoms with Crippen LogP contribution in [0.2, 0.25) is 0 Å². The third-order valence-electron chi connectivity index (χ3n) is 6.60. The largest absolute Gasteiger partial charge is 0.508 e. The second-order valence-corrected chi connectivity index (χ2v) is 12.5. The molecular formula is C32H29Br3O5. The van der Waals surface area contributed by atoms with Crippen molar-refractivity contribution in [3.05, 3.63) is 114 Å². The number of benzene rings is 4. The number of carboxylic acid groups (broad SMARTS) is 1. The SMILES string of the molecule is COc1cc(C(c2cccc(C)c2)c2cc(Br)ccc2O)c(Oc2c(Br)cc(CC(=O)O)cc2Br)cc1C(C)C. The number of aromatic hydroxyl groups is 1. The van der Waals surface area contributed by atoms with Crippen LogP contribution in [0.4, 0.5) is 0 Å². The van der Waals surface area contributed by atoms with Crippen LogP contribution in [0, 0.1) is 6.92 Å². The van der Waals surface area contributed by atoms with Gasteiger partial charge in [-0.2, -0.15) is 0 Å². The third kappa shape index (κ3) is 6.73. The predicted octanol–water partition coefficient (Wildman–Crippen LogP) is 9.72. The molecule has 0 aromatic heterocycles. The molecule has 0 spiro atoms. The van der Waals surface area contributed by atoms with E-state index < -0.39 is 11.9 Å². The number of ether oxygens (including phenoxy) is 2. The normalized spacial score (nSPS) is 11.9. The van der Waals surface area contributed by atoms with Gasteiger partial charge in [0.25, 0.3) is 0 Å². The summed E-state index contributed by atoms with van der Waals surface area (Å²) in [5.41, 5.74) is 5.18. The number of rotatable bonds is 9. The minimum Gasteiger partial charge on any atom is -0.508 e. The van der Waals surface area contributed by atoms with E-state index in [0.29, 0.717) is 31.6 Å². The van der Waals surface area contributed by atoms with Gasteiger partial charge >= 0.3 is 5.97 Å². The van der Waals surface area contributed by atoms with Crippen molar-refractivity contribution in [2.24, 2.45) is 0 Å². The van der Waals surface area contributed by atoms with E-state index in [2.05, 4.69) is 67.7 Å². The van der Waals surface area contributed by atoms with Crippen LogP contribution in [-0.4, -0.2) is 23.3 Å². The molecule has 0 heterocycles. The lowest BCUT2D eigenvalue weighted by Crippen LogP contribution is -2.09. The van der Waals surface area contributed by atoms with Crippen molar-refractivity contribution in [1.82, 2.24) is 0 Å². The maximum Gasteiger partial charge on any atom is 0.307 e. The molecule has 8 heteroatoms. The Morgan fingerprint density at radius 1 is 0.875 bits per heavy atom. The molecule has 0 bridgehead atoms. The summed E-state index contributed by atoms with van der Waals surface area (Å²) in [7, 11) is 1.65. The molecular weight excluding hydrogens is 704 g/mol. The Morgan fingerprint density at radius 3 is 2.15 bits per heavy atom. The lowest BCUT2D eigenvalue weighted by Gasteiger charge is -2.26. The molecule has 40 heavy (non-hydrogen) atoms. The Hall–Kier alpha value is -2.81. The van der Waals surface area contributed by atoms with Gasteiger partial charge in [-0.1, -0.05) is 59.6 Å². The van der Waals surface area contributed by atoms with Gasteiger partial charge in [-0.3, -0.25) is 4.79 Å². The monoisotopic (exact) mass is 730 g/mol. The first kappa shape index (κ1) is 30.2. The molecule has 4 aromatic rings. The minimum atomic E-state index is -0.915. The van der Waals surface area contributed by atoms with Crippen LogP contribution in [0.3, 0.4) is 0 Å². The molecule has 208 valence electrons. The predicted molar refractivity (Wildman–Crippen MR) is 168 cm³/mol. The van der Waals surface area contributed by atoms with E-state index in [-0.39, 0.29) is 18.1 Å². The highest BCUT2D eigenvalue weighted by Crippen LogP contribution is 2.48. The Kier molecular flexibility index (Phi) is 9.64. The summed E-state index contributed by atoms with van der Waals surface area (Å²) in [6, 6.07) is 21.0. The standard InChI is InChI=1S/C32H29Br3O5/c1-17(2)22-15-29(40-32-25(34)11-19(12-26(32)35)13-30(37)38)24(16-28(22)39-4)31(20-7-5-6-18(3)10-20)23-14-21(33)8-9-27(23)36/h5-12,14-17,31,36H,13H2,1-4H3,(H,37,38). The summed E-state index contributed by atoms with van der Waals surface area (Å²) in [6.07, 6.45) is -0.111. The van der Waals surface area contributed by atoms with Crippen molar-refractivity contribution in [2.75, 3.05) is 7.11 Å². The summed E-state index contributed by atoms with van der Waals surface area (Å²) in [5.74, 6) is 0.812. The molecule has 0 amide bonds. The summed E-state index contributed by atoms with van der Waals surface area (Å²) in [5, 5.41) is 20.3. The van der Waals surface area contributed by atoms with E-state index in [1.807, 2.05) is 43.3 Å². The van der Waals surface area contributed by atoms with Gasteiger partial charge in [-0.25, -0.2) is 0 Å². The van der Waals surface area contributed by atoms with Crippen molar-refractivity contribution >= 4 is 53.8 Å². The summed E-state index contributed by atoms with van der Waals surface area (Å²) < 4.78 is 14.6. The number of phenols is 1. The fraction of sp³-hybridized carbons (Fsp3) is 0.219. The van der Waals surface area contributed by atoms with Crippen molar-refractivity contribution in [3.63, 3.8) is 0 Å². The van der Waals surface area contributed by atoms with Crippen molar-refractivity contribution < 1.29 is 24.5 Å². The molecule has 0 fully saturated rings. The van der Waals surface area contributed by atoms with E-state index in [9.17, 15) is 15.0 Å². The number of phenolic OH excluding ortho intramolecular Hbond substituents is 1. The molecule has 0 saturated heterocycles. The lowest BCUT2D eigenvalue weighted by molar-refractivity contribution is -0.136. The van der Waals surface area contributed by atoms with E-state index >= 15 is 0 Å². The first-order valence-electron chi connectivity index (χ1n) is 12.6. The van der Waals surface area contributed by atoms with E-state index in [4.69, 9.17) is 9.47 Å². The van der Waals surface area contributed by atoms with Crippen LogP contribution >= 0.6 is 47.8 Å². The number of halogens is 3. The third-order valence-corrected chi connectivity index (χ3v) is 8.27. The summed E-state index contributed by atoms with van der Waals surface area (Å²) in [4.78, 5) is 11.3. The van der Waals surface area contributed by atoms with Gasteiger partial charge in [0.15, 0.2) is 5.75 Å². The zero-order valence-electron chi connectivity index (χ0n) is 22.5. The van der Waals surface area contributed by atoms with Crippen molar-refractivity contribution in [3.8, 4) is 23.0 Å². The van der Waals surface area contributed by atoms with Crippen molar-refractivity contribution in [1.29, 1.82) is 0 Å². The molecule has 4 rings (SSSR count). The number of aryl methyl sites for hydroxylation is 1. The van der Waals surface area contributed by atoms with Gasteiger partial charge in [0.05, 0.1) is 22.5 Å². The number of aliphatic carboxylic acids is 1. The molecule has 5 nitrogen and oxygen atoms in total. The Labute approximate surface area is 259 Å². The molecule has 2 N–H and O–H groups in total. The minimum absolute atomic E-state index is 0.111. The summed E-state index contributed by atoms with van der Waals surface area (Å²) in [6.45, 7) is 6.21. The Morgan fingerprint density at radius 2 is 1.55 bits per heavy atom. The fourth-order valence-corrected chi connectivity index (χ4v) is 6.58. The second-order valence-electron chi connectivity index (χ2n) is 9.90. The summed E-state index contributed by atoms with van der Waals surface area (Å²) >= 11 is 10.7. The average molecular weight is 733 g/mol. The van der Waals surface area contributed by atoms with E-state index in [0.717, 1.165) is 32.5 Å². The highest BCUT2D eigenvalue weighted by atomic mass is 79.9. The maximum absolute atomic E-state index is 11.3. The molecule has 0 saturated carbocycles. The van der Waals surface area contributed by atoms with Crippen LogP contribution in [0.25, 0.3) is 0 Å². The van der Waals surface area contributed by atoms with Gasteiger partial charge in [-0.05, 0) is 98.3 Å². The van der Waals surface area contributed by atoms with E-state index in [1.54, 1.807) is 31.4 Å². The van der Waals surface area contributed by atoms with Gasteiger partial charge in [0.1, 0.15) is 17.2 Å². The van der Waals surface area contributed by atoms with Crippen molar-refractivity contribution in [2.45, 2.75) is 39.0 Å². The maximum atomic E-state index is 11.3. The quantitative estimate of drug-likeness (QED) is 0.168. The fourth-order valence-electron chi connectivity index (χ4n) is 4.76. The molecule has 1 unspecified atom stereocenters. The van der Waals surface area contributed by atoms with Gasteiger partial charge in [-0.15, -0.1) is 0 Å². The topological polar surface area (TPSA) is 76.0 Å². The smallest absolute Gasteiger partial charge is 0.307 e. The van der Waals surface area contributed by atoms with Crippen LogP contribution in [0.1, 0.15) is 59.1 Å².